The summed E-state index contributed by atoms with van der Waals surface area (Å²) >= 11 is 0. The number of esters is 4. The first-order chi connectivity index (χ1) is 47.9. The lowest BCUT2D eigenvalue weighted by Crippen LogP contribution is -2.30. The Morgan fingerprint density at radius 2 is 0.465 bits per heavy atom. The van der Waals surface area contributed by atoms with E-state index in [-0.39, 0.29) is 25.7 Å². The molecule has 0 aromatic heterocycles. The summed E-state index contributed by atoms with van der Waals surface area (Å²) < 4.78 is 68.6. The molecule has 0 saturated heterocycles. The van der Waals surface area contributed by atoms with Crippen molar-refractivity contribution >= 4 is 39.5 Å². The molecule has 0 aliphatic carbocycles. The molecule has 0 heterocycles. The molecular formula is C80H156O17P2. The summed E-state index contributed by atoms with van der Waals surface area (Å²) in [5, 5.41) is 10.6. The Balaban J connectivity index is 5.17. The zero-order valence-corrected chi connectivity index (χ0v) is 66.6. The third-order valence-corrected chi connectivity index (χ3v) is 20.6. The van der Waals surface area contributed by atoms with Crippen LogP contribution in [-0.4, -0.2) is 96.7 Å². The number of ether oxygens (including phenoxy) is 4. The second-order valence-corrected chi connectivity index (χ2v) is 32.7. The van der Waals surface area contributed by atoms with Crippen molar-refractivity contribution in [1.82, 2.24) is 0 Å². The van der Waals surface area contributed by atoms with Gasteiger partial charge in [0.1, 0.15) is 19.3 Å². The van der Waals surface area contributed by atoms with Gasteiger partial charge in [-0.25, -0.2) is 9.13 Å². The van der Waals surface area contributed by atoms with Crippen LogP contribution in [0.15, 0.2) is 0 Å². The first-order valence-corrected chi connectivity index (χ1v) is 44.5. The average molecular weight is 1450 g/mol. The highest BCUT2D eigenvalue weighted by molar-refractivity contribution is 7.47. The lowest BCUT2D eigenvalue weighted by atomic mass is 10.0. The SMILES string of the molecule is CCCCCCCCCCCCCCCCCCCC(=O)OC[C@H](COP(=O)(O)OC[C@@H](O)COP(=O)(O)OC[C@@H](COC(=O)CCCCCCCCC)OC(=O)CCCCCCCCCCCCCC(C)C)OC(=O)CCCCCCCCCCCCCCCCCCCCC(C)C. The lowest BCUT2D eigenvalue weighted by Gasteiger charge is -2.21. The maximum atomic E-state index is 13.1. The van der Waals surface area contributed by atoms with E-state index in [4.69, 9.17) is 37.0 Å². The molecule has 0 aromatic carbocycles. The monoisotopic (exact) mass is 1450 g/mol. The van der Waals surface area contributed by atoms with Gasteiger partial charge in [-0.3, -0.25) is 37.3 Å². The molecule has 0 bridgehead atoms. The van der Waals surface area contributed by atoms with E-state index in [0.717, 1.165) is 115 Å². The Hall–Kier alpha value is -1.94. The molecule has 0 radical (unpaired) electrons. The normalized spacial score (nSPS) is 13.9. The second kappa shape index (κ2) is 71.7. The third-order valence-electron chi connectivity index (χ3n) is 18.7. The molecule has 99 heavy (non-hydrogen) atoms. The molecule has 17 nitrogen and oxygen atoms in total. The summed E-state index contributed by atoms with van der Waals surface area (Å²) in [5.74, 6) is -0.529. The highest BCUT2D eigenvalue weighted by Crippen LogP contribution is 2.45. The predicted molar refractivity (Wildman–Crippen MR) is 405 cm³/mol. The van der Waals surface area contributed by atoms with E-state index in [1.165, 1.54) is 225 Å². The largest absolute Gasteiger partial charge is 0.472 e. The van der Waals surface area contributed by atoms with Gasteiger partial charge in [0.2, 0.25) is 0 Å². The molecule has 3 N–H and O–H groups in total. The van der Waals surface area contributed by atoms with Gasteiger partial charge in [0, 0.05) is 25.7 Å². The molecule has 588 valence electrons. The molecule has 0 fully saturated rings. The van der Waals surface area contributed by atoms with Gasteiger partial charge in [-0.05, 0) is 37.5 Å². The summed E-state index contributed by atoms with van der Waals surface area (Å²) in [5.41, 5.74) is 0. The molecule has 0 aliphatic rings. The number of aliphatic hydroxyl groups excluding tert-OH is 1. The Labute approximate surface area is 607 Å². The van der Waals surface area contributed by atoms with Gasteiger partial charge in [0.25, 0.3) is 0 Å². The number of phosphoric acid groups is 2. The van der Waals surface area contributed by atoms with Crippen LogP contribution < -0.4 is 0 Å². The van der Waals surface area contributed by atoms with Crippen LogP contribution in [0, 0.1) is 11.8 Å². The van der Waals surface area contributed by atoms with Gasteiger partial charge in [-0.2, -0.15) is 0 Å². The number of phosphoric ester groups is 2. The van der Waals surface area contributed by atoms with Crippen molar-refractivity contribution in [2.45, 2.75) is 439 Å². The number of hydrogen-bond acceptors (Lipinski definition) is 15. The molecule has 5 atom stereocenters. The number of carbonyl (C=O) groups excluding carboxylic acids is 4. The van der Waals surface area contributed by atoms with E-state index in [2.05, 4.69) is 41.5 Å². The van der Waals surface area contributed by atoms with Gasteiger partial charge in [0.15, 0.2) is 12.2 Å². The van der Waals surface area contributed by atoms with E-state index in [0.29, 0.717) is 25.7 Å². The minimum Gasteiger partial charge on any atom is -0.462 e. The van der Waals surface area contributed by atoms with E-state index >= 15 is 0 Å². The average Bonchev–Trinajstić information content (AvgIpc) is 1.02. The summed E-state index contributed by atoms with van der Waals surface area (Å²) in [6, 6.07) is 0. The molecule has 0 aromatic rings. The minimum absolute atomic E-state index is 0.106. The van der Waals surface area contributed by atoms with Crippen LogP contribution >= 0.6 is 15.6 Å². The Bertz CT molecular complexity index is 1910. The van der Waals surface area contributed by atoms with Crippen molar-refractivity contribution in [3.8, 4) is 0 Å². The lowest BCUT2D eigenvalue weighted by molar-refractivity contribution is -0.161. The van der Waals surface area contributed by atoms with Crippen molar-refractivity contribution < 1.29 is 80.2 Å². The molecule has 0 spiro atoms. The van der Waals surface area contributed by atoms with E-state index in [1.54, 1.807) is 0 Å². The number of aliphatic hydroxyl groups is 1. The maximum Gasteiger partial charge on any atom is 0.472 e. The van der Waals surface area contributed by atoms with Gasteiger partial charge in [0.05, 0.1) is 26.4 Å². The van der Waals surface area contributed by atoms with Gasteiger partial charge in [-0.15, -0.1) is 0 Å². The van der Waals surface area contributed by atoms with Crippen LogP contribution in [0.5, 0.6) is 0 Å². The quantitative estimate of drug-likeness (QED) is 0.0222. The fourth-order valence-corrected chi connectivity index (χ4v) is 13.9. The van der Waals surface area contributed by atoms with Crippen LogP contribution in [0.2, 0.25) is 0 Å². The first kappa shape index (κ1) is 97.1. The summed E-state index contributed by atoms with van der Waals surface area (Å²) in [6.45, 7) is 9.62. The van der Waals surface area contributed by atoms with Crippen molar-refractivity contribution in [3.05, 3.63) is 0 Å². The molecule has 0 aliphatic heterocycles. The van der Waals surface area contributed by atoms with Crippen molar-refractivity contribution in [3.63, 3.8) is 0 Å². The third kappa shape index (κ3) is 74.1. The zero-order valence-electron chi connectivity index (χ0n) is 64.8. The molecule has 0 rings (SSSR count). The molecule has 2 unspecified atom stereocenters. The fourth-order valence-electron chi connectivity index (χ4n) is 12.4. The Kier molecular flexibility index (Phi) is 70.3. The number of rotatable bonds is 79. The topological polar surface area (TPSA) is 237 Å². The maximum absolute atomic E-state index is 13.1. The fraction of sp³-hybridized carbons (Fsp3) is 0.950. The van der Waals surface area contributed by atoms with E-state index in [1.807, 2.05) is 0 Å². The second-order valence-electron chi connectivity index (χ2n) is 29.8. The highest BCUT2D eigenvalue weighted by atomic mass is 31.2. The van der Waals surface area contributed by atoms with Crippen molar-refractivity contribution in [1.29, 1.82) is 0 Å². The summed E-state index contributed by atoms with van der Waals surface area (Å²) in [6.07, 6.45) is 61.3. The first-order valence-electron chi connectivity index (χ1n) is 41.5. The molecular weight excluding hydrogens is 1290 g/mol. The Morgan fingerprint density at radius 3 is 0.687 bits per heavy atom. The number of hydrogen-bond donors (Lipinski definition) is 3. The molecule has 0 amide bonds. The Morgan fingerprint density at radius 1 is 0.273 bits per heavy atom. The van der Waals surface area contributed by atoms with Gasteiger partial charge >= 0.3 is 39.5 Å². The minimum atomic E-state index is -4.96. The summed E-state index contributed by atoms with van der Waals surface area (Å²) in [4.78, 5) is 72.8. The van der Waals surface area contributed by atoms with E-state index < -0.39 is 97.5 Å². The van der Waals surface area contributed by atoms with Crippen molar-refractivity contribution in [2.24, 2.45) is 11.8 Å². The van der Waals surface area contributed by atoms with Gasteiger partial charge in [-0.1, -0.05) is 369 Å². The number of unbranched alkanes of at least 4 members (excludes halogenated alkanes) is 49. The number of carbonyl (C=O) groups is 4. The smallest absolute Gasteiger partial charge is 0.462 e. The molecule has 19 heteroatoms. The van der Waals surface area contributed by atoms with Crippen LogP contribution in [-0.2, 0) is 65.4 Å². The van der Waals surface area contributed by atoms with Crippen molar-refractivity contribution in [2.75, 3.05) is 39.6 Å². The highest BCUT2D eigenvalue weighted by Gasteiger charge is 2.30. The van der Waals surface area contributed by atoms with Crippen LogP contribution in [0.4, 0.5) is 0 Å². The van der Waals surface area contributed by atoms with Crippen LogP contribution in [0.25, 0.3) is 0 Å². The summed E-state index contributed by atoms with van der Waals surface area (Å²) in [7, 11) is -9.91. The van der Waals surface area contributed by atoms with E-state index in [9.17, 15) is 43.2 Å². The van der Waals surface area contributed by atoms with Crippen LogP contribution in [0.3, 0.4) is 0 Å². The molecule has 0 saturated carbocycles. The predicted octanol–water partition coefficient (Wildman–Crippen LogP) is 23.9. The standard InChI is InChI=1S/C80H156O17P2/c1-7-9-11-13-15-16-17-18-19-22-26-29-34-39-45-51-57-63-78(83)91-69-76(97-79(84)64-58-52-46-40-35-30-27-24-21-20-23-25-28-32-37-43-48-54-60-72(3)4)71-95-99(88,89)93-67-74(81)66-92-98(86,87)94-70-75(68-90-77(82)62-56-50-42-14-12-10-8-2)96-80(85)65-59-53-47-41-36-31-33-38-44-49-55-61-73(5)6/h72-76,81H,7-71H2,1-6H3,(H,86,87)(H,88,89)/t74-,75+,76+/m0/s1. The van der Waals surface area contributed by atoms with Crippen LogP contribution in [0.1, 0.15) is 420 Å². The zero-order chi connectivity index (χ0) is 72.8. The van der Waals surface area contributed by atoms with Gasteiger partial charge < -0.3 is 33.8 Å².